The second-order valence-electron chi connectivity index (χ2n) is 3.33. The van der Waals surface area contributed by atoms with Crippen LogP contribution in [0.15, 0.2) is 43.4 Å². The zero-order valence-corrected chi connectivity index (χ0v) is 11.2. The van der Waals surface area contributed by atoms with E-state index < -0.39 is 5.97 Å². The first kappa shape index (κ1) is 12.2. The minimum absolute atomic E-state index is 0.0734. The number of pyridine rings is 1. The molecule has 88 valence electrons. The molecule has 2 aromatic heterocycles. The molecule has 6 heteroatoms. The van der Waals surface area contributed by atoms with Crippen molar-refractivity contribution in [1.29, 1.82) is 0 Å². The molecular formula is C11H8BrNO3S. The highest BCUT2D eigenvalue weighted by Crippen LogP contribution is 2.33. The fraction of sp³-hybridized carbons (Fsp3) is 0.0909. The molecule has 0 radical (unpaired) electrons. The van der Waals surface area contributed by atoms with Crippen LogP contribution in [0, 0.1) is 6.92 Å². The maximum atomic E-state index is 10.7. The number of carboxylic acid groups (broad SMARTS) is 1. The van der Waals surface area contributed by atoms with Crippen LogP contribution >= 0.6 is 27.7 Å². The van der Waals surface area contributed by atoms with Crippen LogP contribution in [0.4, 0.5) is 0 Å². The lowest BCUT2D eigenvalue weighted by atomic mass is 10.3. The van der Waals surface area contributed by atoms with Crippen LogP contribution in [0.25, 0.3) is 0 Å². The molecule has 0 fully saturated rings. The molecule has 0 bridgehead atoms. The van der Waals surface area contributed by atoms with Gasteiger partial charge in [-0.2, -0.15) is 0 Å². The van der Waals surface area contributed by atoms with E-state index >= 15 is 0 Å². The van der Waals surface area contributed by atoms with Crippen molar-refractivity contribution >= 4 is 33.7 Å². The monoisotopic (exact) mass is 313 g/mol. The molecule has 0 amide bonds. The van der Waals surface area contributed by atoms with Crippen molar-refractivity contribution in [2.75, 3.05) is 0 Å². The van der Waals surface area contributed by atoms with E-state index in [0.29, 0.717) is 5.09 Å². The molecule has 2 aromatic rings. The summed E-state index contributed by atoms with van der Waals surface area (Å²) in [5.41, 5.74) is 1.05. The normalized spacial score (nSPS) is 10.5. The Morgan fingerprint density at radius 2 is 2.29 bits per heavy atom. The Labute approximate surface area is 110 Å². The molecule has 0 aliphatic rings. The van der Waals surface area contributed by atoms with Crippen molar-refractivity contribution < 1.29 is 14.3 Å². The molecule has 17 heavy (non-hydrogen) atoms. The van der Waals surface area contributed by atoms with Crippen LogP contribution in [-0.4, -0.2) is 16.1 Å². The Bertz CT molecular complexity index is 568. The molecule has 4 nitrogen and oxygen atoms in total. The minimum atomic E-state index is -1.08. The molecule has 0 unspecified atom stereocenters. The topological polar surface area (TPSA) is 63.3 Å². The summed E-state index contributed by atoms with van der Waals surface area (Å²) in [6, 6.07) is 4.98. The first-order valence-electron chi connectivity index (χ1n) is 4.69. The van der Waals surface area contributed by atoms with Gasteiger partial charge in [-0.05, 0) is 58.4 Å². The first-order valence-corrected chi connectivity index (χ1v) is 6.30. The first-order chi connectivity index (χ1) is 8.06. The third-order valence-electron chi connectivity index (χ3n) is 1.93. The van der Waals surface area contributed by atoms with Crippen molar-refractivity contribution in [1.82, 2.24) is 4.98 Å². The van der Waals surface area contributed by atoms with Gasteiger partial charge in [-0.3, -0.25) is 0 Å². The summed E-state index contributed by atoms with van der Waals surface area (Å²) < 4.78 is 5.99. The second-order valence-corrected chi connectivity index (χ2v) is 5.17. The summed E-state index contributed by atoms with van der Waals surface area (Å²) in [5.74, 6) is -1.15. The number of furan rings is 1. The number of hydrogen-bond acceptors (Lipinski definition) is 4. The Balaban J connectivity index is 2.22. The molecule has 1 N–H and O–H groups in total. The zero-order valence-electron chi connectivity index (χ0n) is 8.81. The SMILES string of the molecule is Cc1cnc(Sc2ccc(C(=O)O)o2)c(Br)c1. The highest BCUT2D eigenvalue weighted by atomic mass is 79.9. The average Bonchev–Trinajstić information content (AvgIpc) is 2.71. The summed E-state index contributed by atoms with van der Waals surface area (Å²) in [4.78, 5) is 14.9. The summed E-state index contributed by atoms with van der Waals surface area (Å²) in [6.45, 7) is 1.95. The lowest BCUT2D eigenvalue weighted by Crippen LogP contribution is -1.91. The van der Waals surface area contributed by atoms with Crippen LogP contribution < -0.4 is 0 Å². The number of carboxylic acids is 1. The van der Waals surface area contributed by atoms with Crippen LogP contribution in [0.2, 0.25) is 0 Å². The molecule has 0 aliphatic heterocycles. The molecular weight excluding hydrogens is 306 g/mol. The number of aromatic nitrogens is 1. The van der Waals surface area contributed by atoms with Gasteiger partial charge >= 0.3 is 5.97 Å². The Kier molecular flexibility index (Phi) is 3.54. The third kappa shape index (κ3) is 2.89. The molecule has 0 saturated heterocycles. The highest BCUT2D eigenvalue weighted by Gasteiger charge is 2.11. The second kappa shape index (κ2) is 4.93. The third-order valence-corrected chi connectivity index (χ3v) is 3.74. The van der Waals surface area contributed by atoms with E-state index in [2.05, 4.69) is 20.9 Å². The van der Waals surface area contributed by atoms with E-state index in [0.717, 1.165) is 15.1 Å². The Hall–Kier alpha value is -1.27. The lowest BCUT2D eigenvalue weighted by Gasteiger charge is -2.01. The number of carbonyl (C=O) groups is 1. The zero-order chi connectivity index (χ0) is 12.4. The van der Waals surface area contributed by atoms with E-state index in [1.807, 2.05) is 13.0 Å². The van der Waals surface area contributed by atoms with Gasteiger partial charge in [0, 0.05) is 6.20 Å². The maximum absolute atomic E-state index is 10.7. The smallest absolute Gasteiger partial charge is 0.371 e. The van der Waals surface area contributed by atoms with Crippen molar-refractivity contribution in [3.8, 4) is 0 Å². The molecule has 0 atom stereocenters. The minimum Gasteiger partial charge on any atom is -0.475 e. The molecule has 0 saturated carbocycles. The van der Waals surface area contributed by atoms with Crippen molar-refractivity contribution in [3.05, 3.63) is 40.2 Å². The van der Waals surface area contributed by atoms with Crippen molar-refractivity contribution in [2.24, 2.45) is 0 Å². The van der Waals surface area contributed by atoms with Gasteiger partial charge in [0.15, 0.2) is 5.09 Å². The van der Waals surface area contributed by atoms with E-state index in [1.54, 1.807) is 12.3 Å². The van der Waals surface area contributed by atoms with Gasteiger partial charge in [-0.25, -0.2) is 9.78 Å². The molecule has 2 rings (SSSR count). The van der Waals surface area contributed by atoms with Crippen molar-refractivity contribution in [2.45, 2.75) is 17.0 Å². The average molecular weight is 314 g/mol. The number of hydrogen-bond donors (Lipinski definition) is 1. The highest BCUT2D eigenvalue weighted by molar-refractivity contribution is 9.10. The summed E-state index contributed by atoms with van der Waals surface area (Å²) >= 11 is 4.67. The number of aromatic carboxylic acids is 1. The molecule has 0 aliphatic carbocycles. The van der Waals surface area contributed by atoms with Crippen LogP contribution in [-0.2, 0) is 0 Å². The van der Waals surface area contributed by atoms with Gasteiger partial charge in [0.1, 0.15) is 5.03 Å². The number of rotatable bonds is 3. The van der Waals surface area contributed by atoms with E-state index in [9.17, 15) is 4.79 Å². The van der Waals surface area contributed by atoms with Crippen LogP contribution in [0.1, 0.15) is 16.1 Å². The predicted molar refractivity (Wildman–Crippen MR) is 66.5 cm³/mol. The van der Waals surface area contributed by atoms with Gasteiger partial charge in [-0.15, -0.1) is 0 Å². The van der Waals surface area contributed by atoms with Gasteiger partial charge in [-0.1, -0.05) is 0 Å². The largest absolute Gasteiger partial charge is 0.475 e. The Morgan fingerprint density at radius 3 is 2.88 bits per heavy atom. The number of nitrogens with zero attached hydrogens (tertiary/aromatic N) is 1. The standard InChI is InChI=1S/C11H8BrNO3S/c1-6-4-7(12)10(13-5-6)17-9-3-2-8(16-9)11(14)15/h2-5H,1H3,(H,14,15). The number of halogens is 1. The van der Waals surface area contributed by atoms with E-state index in [4.69, 9.17) is 9.52 Å². The van der Waals surface area contributed by atoms with Crippen LogP contribution in [0.5, 0.6) is 0 Å². The van der Waals surface area contributed by atoms with Gasteiger partial charge < -0.3 is 9.52 Å². The quantitative estimate of drug-likeness (QED) is 0.938. The van der Waals surface area contributed by atoms with Crippen molar-refractivity contribution in [3.63, 3.8) is 0 Å². The number of aryl methyl sites for hydroxylation is 1. The molecule has 0 spiro atoms. The maximum Gasteiger partial charge on any atom is 0.371 e. The summed E-state index contributed by atoms with van der Waals surface area (Å²) in [6.07, 6.45) is 1.74. The fourth-order valence-corrected chi connectivity index (χ4v) is 2.61. The summed E-state index contributed by atoms with van der Waals surface area (Å²) in [5, 5.41) is 9.96. The summed E-state index contributed by atoms with van der Waals surface area (Å²) in [7, 11) is 0. The lowest BCUT2D eigenvalue weighted by molar-refractivity contribution is 0.0656. The predicted octanol–water partition coefficient (Wildman–Crippen LogP) is 3.59. The fourth-order valence-electron chi connectivity index (χ4n) is 1.18. The van der Waals surface area contributed by atoms with Crippen LogP contribution in [0.3, 0.4) is 0 Å². The Morgan fingerprint density at radius 1 is 1.53 bits per heavy atom. The van der Waals surface area contributed by atoms with E-state index in [1.165, 1.54) is 17.8 Å². The van der Waals surface area contributed by atoms with Gasteiger partial charge in [0.25, 0.3) is 0 Å². The molecule has 2 heterocycles. The molecule has 0 aromatic carbocycles. The van der Waals surface area contributed by atoms with Gasteiger partial charge in [0.2, 0.25) is 5.76 Å². The van der Waals surface area contributed by atoms with E-state index in [-0.39, 0.29) is 5.76 Å². The van der Waals surface area contributed by atoms with Gasteiger partial charge in [0.05, 0.1) is 4.47 Å².